The zero-order valence-electron chi connectivity index (χ0n) is 58.8. The Morgan fingerprint density at radius 3 is 0.789 bits per heavy atom. The molecule has 19 heteroatoms. The Labute approximate surface area is 549 Å². The van der Waals surface area contributed by atoms with E-state index in [9.17, 15) is 43.2 Å². The number of phosphoric ester groups is 2. The molecule has 0 fully saturated rings. The average Bonchev–Trinajstić information content (AvgIpc) is 3.68. The van der Waals surface area contributed by atoms with Crippen LogP contribution in [0.3, 0.4) is 0 Å². The highest BCUT2D eigenvalue weighted by molar-refractivity contribution is 7.47. The maximum Gasteiger partial charge on any atom is 0.472 e. The fourth-order valence-electron chi connectivity index (χ4n) is 10.6. The van der Waals surface area contributed by atoms with Gasteiger partial charge in [-0.3, -0.25) is 37.3 Å². The van der Waals surface area contributed by atoms with Gasteiger partial charge in [0.2, 0.25) is 0 Å². The topological polar surface area (TPSA) is 237 Å². The standard InChI is InChI=1S/C71H138O17P2/c1-9-63(7)49-41-33-23-21-19-17-15-13-11-12-14-16-18-20-22-24-37-45-53-70(75)87-66(57-82-69(74)52-44-36-30-27-34-42-50-64(8)10-2)59-85-89(77,78)83-55-65(72)56-84-90(79,80)86-60-67(88-71(76)54-46-38-29-26-32-40-48-62(5)6)58-81-68(73)51-43-35-28-25-31-39-47-61(3)4/h61-67,72H,9-60H2,1-8H3,(H,77,78)(H,79,80)/t63?,64?,65-,66-,67-/m1/s1. The van der Waals surface area contributed by atoms with Gasteiger partial charge in [-0.05, 0) is 49.4 Å². The average molecular weight is 1330 g/mol. The normalized spacial score (nSPS) is 14.9. The molecule has 0 saturated carbocycles. The minimum absolute atomic E-state index is 0.101. The highest BCUT2D eigenvalue weighted by Crippen LogP contribution is 2.45. The van der Waals surface area contributed by atoms with Gasteiger partial charge in [0.05, 0.1) is 26.4 Å². The molecule has 7 atom stereocenters. The van der Waals surface area contributed by atoms with E-state index >= 15 is 0 Å². The van der Waals surface area contributed by atoms with Crippen molar-refractivity contribution in [2.75, 3.05) is 39.6 Å². The first-order valence-electron chi connectivity index (χ1n) is 36.8. The Morgan fingerprint density at radius 1 is 0.311 bits per heavy atom. The van der Waals surface area contributed by atoms with E-state index in [2.05, 4.69) is 55.4 Å². The molecule has 0 amide bonds. The lowest BCUT2D eigenvalue weighted by Gasteiger charge is -2.21. The number of unbranched alkanes of at least 4 members (excludes halogenated alkanes) is 32. The number of aliphatic hydroxyl groups is 1. The van der Waals surface area contributed by atoms with Crippen LogP contribution in [0, 0.1) is 23.7 Å². The summed E-state index contributed by atoms with van der Waals surface area (Å²) in [5.41, 5.74) is 0. The molecule has 0 saturated heterocycles. The van der Waals surface area contributed by atoms with Crippen LogP contribution in [0.5, 0.6) is 0 Å². The number of carbonyl (C=O) groups excluding carboxylic acids is 4. The van der Waals surface area contributed by atoms with Crippen LogP contribution in [-0.4, -0.2) is 96.7 Å². The van der Waals surface area contributed by atoms with Crippen molar-refractivity contribution in [3.63, 3.8) is 0 Å². The molecule has 0 aliphatic heterocycles. The molecule has 90 heavy (non-hydrogen) atoms. The second-order valence-electron chi connectivity index (χ2n) is 27.1. The van der Waals surface area contributed by atoms with Crippen molar-refractivity contribution in [1.29, 1.82) is 0 Å². The Bertz CT molecular complexity index is 1790. The van der Waals surface area contributed by atoms with Crippen LogP contribution >= 0.6 is 15.6 Å². The maximum atomic E-state index is 13.0. The lowest BCUT2D eigenvalue weighted by molar-refractivity contribution is -0.161. The third kappa shape index (κ3) is 62.2. The van der Waals surface area contributed by atoms with Gasteiger partial charge in [0.15, 0.2) is 12.2 Å². The third-order valence-corrected chi connectivity index (χ3v) is 18.9. The summed E-state index contributed by atoms with van der Waals surface area (Å²) in [5.74, 6) is 0.813. The fourth-order valence-corrected chi connectivity index (χ4v) is 12.2. The van der Waals surface area contributed by atoms with Crippen LogP contribution in [-0.2, 0) is 65.4 Å². The van der Waals surface area contributed by atoms with Crippen molar-refractivity contribution >= 4 is 39.5 Å². The van der Waals surface area contributed by atoms with E-state index in [0.29, 0.717) is 37.5 Å². The van der Waals surface area contributed by atoms with Gasteiger partial charge in [-0.2, -0.15) is 0 Å². The van der Waals surface area contributed by atoms with E-state index in [-0.39, 0.29) is 25.7 Å². The van der Waals surface area contributed by atoms with Crippen molar-refractivity contribution in [2.24, 2.45) is 23.7 Å². The van der Waals surface area contributed by atoms with Crippen LogP contribution < -0.4 is 0 Å². The second-order valence-corrected chi connectivity index (χ2v) is 30.0. The lowest BCUT2D eigenvalue weighted by Crippen LogP contribution is -2.30. The van der Waals surface area contributed by atoms with E-state index < -0.39 is 97.5 Å². The molecule has 0 aliphatic rings. The predicted octanol–water partition coefficient (Wildman–Crippen LogP) is 20.1. The molecule has 0 spiro atoms. The molecule has 0 aromatic carbocycles. The van der Waals surface area contributed by atoms with Gasteiger partial charge in [-0.25, -0.2) is 9.13 Å². The summed E-state index contributed by atoms with van der Waals surface area (Å²) in [7, 11) is -9.90. The van der Waals surface area contributed by atoms with Crippen molar-refractivity contribution in [1.82, 2.24) is 0 Å². The van der Waals surface area contributed by atoms with Gasteiger partial charge in [0.25, 0.3) is 0 Å². The van der Waals surface area contributed by atoms with E-state index in [1.165, 1.54) is 141 Å². The van der Waals surface area contributed by atoms with E-state index in [1.807, 2.05) is 0 Å². The van der Waals surface area contributed by atoms with Crippen LogP contribution in [0.15, 0.2) is 0 Å². The molecule has 17 nitrogen and oxygen atoms in total. The van der Waals surface area contributed by atoms with Crippen molar-refractivity contribution in [2.45, 2.75) is 369 Å². The fraction of sp³-hybridized carbons (Fsp3) is 0.944. The quantitative estimate of drug-likeness (QED) is 0.0222. The Kier molecular flexibility index (Phi) is 59.4. The summed E-state index contributed by atoms with van der Waals surface area (Å²) >= 11 is 0. The first kappa shape index (κ1) is 88.1. The zero-order chi connectivity index (χ0) is 66.8. The zero-order valence-corrected chi connectivity index (χ0v) is 60.6. The molecule has 0 aromatic rings. The lowest BCUT2D eigenvalue weighted by atomic mass is 9.99. The van der Waals surface area contributed by atoms with Gasteiger partial charge in [-0.1, -0.05) is 299 Å². The summed E-state index contributed by atoms with van der Waals surface area (Å²) in [6.45, 7) is 14.0. The molecule has 0 aliphatic carbocycles. The van der Waals surface area contributed by atoms with Gasteiger partial charge in [0, 0.05) is 25.7 Å². The predicted molar refractivity (Wildman–Crippen MR) is 363 cm³/mol. The molecule has 0 heterocycles. The molecule has 0 rings (SSSR count). The number of hydrogen-bond acceptors (Lipinski definition) is 15. The van der Waals surface area contributed by atoms with Crippen molar-refractivity contribution in [3.8, 4) is 0 Å². The number of phosphoric acid groups is 2. The number of rotatable bonds is 68. The Hall–Kier alpha value is -1.94. The molecule has 3 N–H and O–H groups in total. The van der Waals surface area contributed by atoms with E-state index in [1.54, 1.807) is 0 Å². The van der Waals surface area contributed by atoms with Crippen molar-refractivity contribution < 1.29 is 80.2 Å². The van der Waals surface area contributed by atoms with Crippen LogP contribution in [0.1, 0.15) is 351 Å². The monoisotopic (exact) mass is 1320 g/mol. The van der Waals surface area contributed by atoms with Crippen LogP contribution in [0.4, 0.5) is 0 Å². The largest absolute Gasteiger partial charge is 0.472 e. The number of esters is 4. The van der Waals surface area contributed by atoms with Gasteiger partial charge >= 0.3 is 39.5 Å². The molecule has 0 aromatic heterocycles. The molecule has 534 valence electrons. The van der Waals surface area contributed by atoms with Crippen LogP contribution in [0.25, 0.3) is 0 Å². The second kappa shape index (κ2) is 60.7. The molecular weight excluding hydrogens is 1190 g/mol. The van der Waals surface area contributed by atoms with Crippen molar-refractivity contribution in [3.05, 3.63) is 0 Å². The smallest absolute Gasteiger partial charge is 0.462 e. The summed E-state index contributed by atoms with van der Waals surface area (Å²) < 4.78 is 68.1. The highest BCUT2D eigenvalue weighted by Gasteiger charge is 2.30. The first-order valence-corrected chi connectivity index (χ1v) is 39.8. The number of hydrogen-bond donors (Lipinski definition) is 3. The molecule has 0 radical (unpaired) electrons. The molecule has 4 unspecified atom stereocenters. The first-order chi connectivity index (χ1) is 43.2. The maximum absolute atomic E-state index is 13.0. The summed E-state index contributed by atoms with van der Waals surface area (Å²) in [6, 6.07) is 0. The third-order valence-electron chi connectivity index (χ3n) is 17.0. The highest BCUT2D eigenvalue weighted by atomic mass is 31.2. The van der Waals surface area contributed by atoms with Gasteiger partial charge in [0.1, 0.15) is 19.3 Å². The number of aliphatic hydroxyl groups excluding tert-OH is 1. The SMILES string of the molecule is CCC(C)CCCCCCCCCCCCCCCCCCCCC(=O)O[C@H](COC(=O)CCCCCCCCC(C)CC)COP(=O)(O)OC[C@@H](O)COP(=O)(O)OC[C@@H](COC(=O)CCCCCCCCC(C)C)OC(=O)CCCCCCCCC(C)C. The Balaban J connectivity index is 5.13. The summed E-state index contributed by atoms with van der Waals surface area (Å²) in [4.78, 5) is 72.4. The molecular formula is C71H138O17P2. The van der Waals surface area contributed by atoms with E-state index in [0.717, 1.165) is 115 Å². The Morgan fingerprint density at radius 2 is 0.533 bits per heavy atom. The number of ether oxygens (including phenoxy) is 4. The minimum Gasteiger partial charge on any atom is -0.462 e. The summed E-state index contributed by atoms with van der Waals surface area (Å²) in [5, 5.41) is 10.6. The van der Waals surface area contributed by atoms with Gasteiger partial charge in [-0.15, -0.1) is 0 Å². The van der Waals surface area contributed by atoms with E-state index in [4.69, 9.17) is 37.0 Å². The van der Waals surface area contributed by atoms with Gasteiger partial charge < -0.3 is 33.8 Å². The van der Waals surface area contributed by atoms with Crippen LogP contribution in [0.2, 0.25) is 0 Å². The molecule has 0 bridgehead atoms. The number of carbonyl (C=O) groups is 4. The minimum atomic E-state index is -4.95. The summed E-state index contributed by atoms with van der Waals surface area (Å²) in [6.07, 6.45) is 43.6.